The van der Waals surface area contributed by atoms with Crippen LogP contribution in [0.5, 0.6) is 0 Å². The summed E-state index contributed by atoms with van der Waals surface area (Å²) in [6.07, 6.45) is 0.658. The summed E-state index contributed by atoms with van der Waals surface area (Å²) in [5.74, 6) is -0.0903. The van der Waals surface area contributed by atoms with E-state index in [0.717, 1.165) is 0 Å². The molecule has 0 aliphatic rings. The minimum atomic E-state index is -4.03. The summed E-state index contributed by atoms with van der Waals surface area (Å²) in [5, 5.41) is -0.738. The van der Waals surface area contributed by atoms with E-state index in [-0.39, 0.29) is 11.3 Å². The maximum absolute atomic E-state index is 11.6. The van der Waals surface area contributed by atoms with E-state index in [1.165, 1.54) is 0 Å². The normalized spacial score (nSPS) is 18.2. The van der Waals surface area contributed by atoms with Crippen LogP contribution in [0.25, 0.3) is 0 Å². The van der Waals surface area contributed by atoms with Crippen LogP contribution in [0, 0.1) is 16.7 Å². The molecule has 0 saturated carbocycles. The van der Waals surface area contributed by atoms with Crippen LogP contribution in [0.2, 0.25) is 0 Å². The van der Waals surface area contributed by atoms with E-state index in [2.05, 4.69) is 9.24 Å². The molecule has 1 N–H and O–H groups in total. The predicted molar refractivity (Wildman–Crippen MR) is 72.3 cm³/mol. The van der Waals surface area contributed by atoms with E-state index in [1.54, 1.807) is 0 Å². The van der Waals surface area contributed by atoms with Gasteiger partial charge in [-0.05, 0) is 22.9 Å². The fourth-order valence-corrected chi connectivity index (χ4v) is 5.19. The molecule has 0 heterocycles. The smallest absolute Gasteiger partial charge is 0.268 e. The molecule has 3 atom stereocenters. The van der Waals surface area contributed by atoms with Gasteiger partial charge in [-0.25, -0.2) is 0 Å². The zero-order valence-corrected chi connectivity index (χ0v) is 13.1. The summed E-state index contributed by atoms with van der Waals surface area (Å²) in [7, 11) is -1.44. The average molecular weight is 268 g/mol. The summed E-state index contributed by atoms with van der Waals surface area (Å²) in [4.78, 5) is 0. The summed E-state index contributed by atoms with van der Waals surface area (Å²) in [6.45, 7) is 11.6. The fourth-order valence-electron chi connectivity index (χ4n) is 2.19. The zero-order chi connectivity index (χ0) is 13.4. The third-order valence-corrected chi connectivity index (χ3v) is 5.09. The van der Waals surface area contributed by atoms with Crippen molar-refractivity contribution in [3.8, 4) is 0 Å². The molecule has 98 valence electrons. The lowest BCUT2D eigenvalue weighted by Crippen LogP contribution is -2.46. The molecular formula is C11H25O3PS. The second kappa shape index (κ2) is 4.91. The van der Waals surface area contributed by atoms with Gasteiger partial charge in [0.2, 0.25) is 0 Å². The molecule has 3 nitrogen and oxygen atoms in total. The average Bonchev–Trinajstić information content (AvgIpc) is 1.91. The zero-order valence-electron chi connectivity index (χ0n) is 11.1. The van der Waals surface area contributed by atoms with Crippen LogP contribution < -0.4 is 0 Å². The van der Waals surface area contributed by atoms with Gasteiger partial charge < -0.3 is 0 Å². The van der Waals surface area contributed by atoms with Crippen LogP contribution in [0.4, 0.5) is 0 Å². The largest absolute Gasteiger partial charge is 0.285 e. The number of rotatable bonds is 3. The molecule has 0 amide bonds. The molecule has 0 radical (unpaired) electrons. The van der Waals surface area contributed by atoms with Gasteiger partial charge in [-0.1, -0.05) is 41.5 Å². The topological polar surface area (TPSA) is 54.4 Å². The van der Waals surface area contributed by atoms with E-state index in [4.69, 9.17) is 0 Å². The van der Waals surface area contributed by atoms with E-state index in [9.17, 15) is 13.0 Å². The summed E-state index contributed by atoms with van der Waals surface area (Å²) < 4.78 is 32.6. The van der Waals surface area contributed by atoms with Crippen molar-refractivity contribution in [3.05, 3.63) is 0 Å². The van der Waals surface area contributed by atoms with Crippen molar-refractivity contribution in [2.75, 3.05) is 6.16 Å². The summed E-state index contributed by atoms with van der Waals surface area (Å²) in [5.41, 5.74) is -0.627. The Morgan fingerprint density at radius 1 is 1.06 bits per heavy atom. The second-order valence-electron chi connectivity index (χ2n) is 6.51. The SMILES string of the molecule is CC(C)(C)C(CP)C(C(C)(C)C)S(=O)(=O)O. The number of hydrogen-bond donors (Lipinski definition) is 1. The lowest BCUT2D eigenvalue weighted by atomic mass is 9.72. The third-order valence-electron chi connectivity index (χ3n) is 2.91. The van der Waals surface area contributed by atoms with Gasteiger partial charge in [-0.2, -0.15) is 8.42 Å². The molecule has 0 aliphatic heterocycles. The highest BCUT2D eigenvalue weighted by Crippen LogP contribution is 2.41. The molecule has 0 fully saturated rings. The van der Waals surface area contributed by atoms with Gasteiger partial charge in [-0.15, -0.1) is 9.24 Å². The Morgan fingerprint density at radius 3 is 1.50 bits per heavy atom. The minimum absolute atomic E-state index is 0.0903. The first-order chi connectivity index (χ1) is 6.81. The highest BCUT2D eigenvalue weighted by molar-refractivity contribution is 7.86. The van der Waals surface area contributed by atoms with Crippen molar-refractivity contribution >= 4 is 19.4 Å². The highest BCUT2D eigenvalue weighted by atomic mass is 32.2. The van der Waals surface area contributed by atoms with Gasteiger partial charge in [0, 0.05) is 0 Å². The first-order valence-electron chi connectivity index (χ1n) is 5.48. The maximum Gasteiger partial charge on any atom is 0.268 e. The standard InChI is InChI=1S/C11H25O3PS/c1-10(2,3)8(7-15)9(11(4,5)6)16(12,13)14/h8-9H,7,15H2,1-6H3,(H,12,13,14). The van der Waals surface area contributed by atoms with Gasteiger partial charge in [0.1, 0.15) is 0 Å². The van der Waals surface area contributed by atoms with Crippen LogP contribution in [0.15, 0.2) is 0 Å². The molecule has 0 rings (SSSR count). The van der Waals surface area contributed by atoms with Crippen molar-refractivity contribution in [1.29, 1.82) is 0 Å². The second-order valence-corrected chi connectivity index (χ2v) is 8.52. The van der Waals surface area contributed by atoms with Crippen LogP contribution in [-0.2, 0) is 10.1 Å². The Hall–Kier alpha value is 0.340. The molecule has 3 unspecified atom stereocenters. The maximum atomic E-state index is 11.6. The Kier molecular flexibility index (Phi) is 5.02. The van der Waals surface area contributed by atoms with Crippen molar-refractivity contribution in [3.63, 3.8) is 0 Å². The first-order valence-corrected chi connectivity index (χ1v) is 7.80. The van der Waals surface area contributed by atoms with E-state index >= 15 is 0 Å². The molecule has 5 heteroatoms. The molecule has 0 aromatic rings. The van der Waals surface area contributed by atoms with Crippen molar-refractivity contribution in [1.82, 2.24) is 0 Å². The van der Waals surface area contributed by atoms with Crippen molar-refractivity contribution in [2.45, 2.75) is 46.8 Å². The van der Waals surface area contributed by atoms with E-state index < -0.39 is 20.8 Å². The Balaban J connectivity index is 5.53. The van der Waals surface area contributed by atoms with E-state index in [0.29, 0.717) is 6.16 Å². The molecular weight excluding hydrogens is 243 g/mol. The van der Waals surface area contributed by atoms with Gasteiger partial charge in [-0.3, -0.25) is 4.55 Å². The first kappa shape index (κ1) is 16.3. The predicted octanol–water partition coefficient (Wildman–Crippen LogP) is 2.83. The summed E-state index contributed by atoms with van der Waals surface area (Å²) in [6, 6.07) is 0. The Labute approximate surface area is 102 Å². The molecule has 16 heavy (non-hydrogen) atoms. The van der Waals surface area contributed by atoms with Crippen molar-refractivity contribution < 1.29 is 13.0 Å². The van der Waals surface area contributed by atoms with Crippen LogP contribution in [0.1, 0.15) is 41.5 Å². The van der Waals surface area contributed by atoms with Crippen molar-refractivity contribution in [2.24, 2.45) is 16.7 Å². The number of hydrogen-bond acceptors (Lipinski definition) is 2. The van der Waals surface area contributed by atoms with Crippen LogP contribution >= 0.6 is 9.24 Å². The Morgan fingerprint density at radius 2 is 1.44 bits per heavy atom. The molecule has 0 spiro atoms. The lowest BCUT2D eigenvalue weighted by Gasteiger charge is -2.41. The van der Waals surface area contributed by atoms with E-state index in [1.807, 2.05) is 41.5 Å². The lowest BCUT2D eigenvalue weighted by molar-refractivity contribution is 0.183. The quantitative estimate of drug-likeness (QED) is 0.632. The fraction of sp³-hybridized carbons (Fsp3) is 1.00. The van der Waals surface area contributed by atoms with Crippen LogP contribution in [-0.4, -0.2) is 24.4 Å². The molecule has 0 bridgehead atoms. The minimum Gasteiger partial charge on any atom is -0.285 e. The third kappa shape index (κ3) is 4.31. The Bertz CT molecular complexity index is 322. The molecule has 0 aliphatic carbocycles. The van der Waals surface area contributed by atoms with Gasteiger partial charge in [0.25, 0.3) is 10.1 Å². The van der Waals surface area contributed by atoms with Gasteiger partial charge >= 0.3 is 0 Å². The summed E-state index contributed by atoms with van der Waals surface area (Å²) >= 11 is 0. The molecule has 0 saturated heterocycles. The molecule has 0 aromatic carbocycles. The van der Waals surface area contributed by atoms with Gasteiger partial charge in [0.15, 0.2) is 0 Å². The monoisotopic (exact) mass is 268 g/mol. The van der Waals surface area contributed by atoms with Crippen LogP contribution in [0.3, 0.4) is 0 Å². The highest BCUT2D eigenvalue weighted by Gasteiger charge is 2.45. The molecule has 0 aromatic heterocycles. The van der Waals surface area contributed by atoms with Gasteiger partial charge in [0.05, 0.1) is 5.25 Å².